The van der Waals surface area contributed by atoms with Crippen molar-refractivity contribution in [2.24, 2.45) is 0 Å². The lowest BCUT2D eigenvalue weighted by Crippen LogP contribution is -2.35. The van der Waals surface area contributed by atoms with E-state index in [0.29, 0.717) is 11.5 Å². The minimum atomic E-state index is -3.79. The number of aliphatic hydroxyl groups is 1. The number of ether oxygens (including phenoxy) is 4. The van der Waals surface area contributed by atoms with Crippen LogP contribution in [0.3, 0.4) is 0 Å². The van der Waals surface area contributed by atoms with E-state index < -0.39 is 32.1 Å². The van der Waals surface area contributed by atoms with Crippen LogP contribution in [-0.4, -0.2) is 46.5 Å². The molecule has 4 rings (SSSR count). The molecule has 0 aliphatic carbocycles. The summed E-state index contributed by atoms with van der Waals surface area (Å²) in [6.07, 6.45) is -0.554. The molecule has 9 nitrogen and oxygen atoms in total. The summed E-state index contributed by atoms with van der Waals surface area (Å²) >= 11 is 0. The molecule has 0 radical (unpaired) electrons. The maximum absolute atomic E-state index is 13.2. The Hall–Kier alpha value is -4.06. The zero-order valence-electron chi connectivity index (χ0n) is 26.5. The van der Waals surface area contributed by atoms with E-state index in [1.807, 2.05) is 27.7 Å². The first kappa shape index (κ1) is 34.8. The van der Waals surface area contributed by atoms with Crippen molar-refractivity contribution in [2.75, 3.05) is 0 Å². The van der Waals surface area contributed by atoms with Crippen LogP contribution < -0.4 is 18.9 Å². The molecule has 0 aliphatic heterocycles. The summed E-state index contributed by atoms with van der Waals surface area (Å²) in [5.41, 5.74) is 0. The van der Waals surface area contributed by atoms with Crippen LogP contribution in [0, 0.1) is 0 Å². The smallest absolute Gasteiger partial charge is 0.266 e. The van der Waals surface area contributed by atoms with Crippen LogP contribution in [-0.2, 0) is 19.7 Å². The van der Waals surface area contributed by atoms with Crippen LogP contribution in [0.25, 0.3) is 0 Å². The molecule has 0 saturated carbocycles. The molecule has 0 heterocycles. The standard InChI is InChI=1S/C35H40O9S2/c1-6-24(3)41-27-8-16-31(17-9-27)45(37,38)33-20-12-29(13-21-33)43-35(26(5)36)44-30-14-22-34(23-15-30)46(39,40)32-18-10-28(11-19-32)42-25(4)7-2/h8-26,35-36H,6-7H2,1-5H3. The van der Waals surface area contributed by atoms with Crippen LogP contribution in [0.2, 0.25) is 0 Å². The van der Waals surface area contributed by atoms with Gasteiger partial charge in [0.1, 0.15) is 29.1 Å². The van der Waals surface area contributed by atoms with Crippen molar-refractivity contribution in [2.45, 2.75) is 91.6 Å². The molecule has 4 aromatic carbocycles. The second-order valence-electron chi connectivity index (χ2n) is 10.9. The normalized spacial score (nSPS) is 14.5. The van der Waals surface area contributed by atoms with Gasteiger partial charge in [0, 0.05) is 0 Å². The Morgan fingerprint density at radius 2 is 0.717 bits per heavy atom. The third kappa shape index (κ3) is 8.60. The zero-order chi connectivity index (χ0) is 33.5. The lowest BCUT2D eigenvalue weighted by Gasteiger charge is -2.23. The number of benzene rings is 4. The fourth-order valence-electron chi connectivity index (χ4n) is 4.18. The van der Waals surface area contributed by atoms with Crippen molar-refractivity contribution in [3.63, 3.8) is 0 Å². The maximum Gasteiger partial charge on any atom is 0.266 e. The van der Waals surface area contributed by atoms with E-state index in [1.165, 1.54) is 79.7 Å². The van der Waals surface area contributed by atoms with Crippen LogP contribution in [0.5, 0.6) is 23.0 Å². The van der Waals surface area contributed by atoms with Crippen molar-refractivity contribution in [3.05, 3.63) is 97.1 Å². The number of aliphatic hydroxyl groups excluding tert-OH is 1. The van der Waals surface area contributed by atoms with Crippen molar-refractivity contribution < 1.29 is 40.9 Å². The molecular formula is C35H40O9S2. The Labute approximate surface area is 271 Å². The van der Waals surface area contributed by atoms with Gasteiger partial charge in [0.15, 0.2) is 0 Å². The Morgan fingerprint density at radius 3 is 0.935 bits per heavy atom. The molecule has 3 atom stereocenters. The van der Waals surface area contributed by atoms with Gasteiger partial charge in [-0.15, -0.1) is 0 Å². The topological polar surface area (TPSA) is 125 Å². The Kier molecular flexibility index (Phi) is 11.4. The van der Waals surface area contributed by atoms with Crippen LogP contribution in [0.1, 0.15) is 47.5 Å². The lowest BCUT2D eigenvalue weighted by molar-refractivity contribution is -0.0778. The number of hydrogen-bond acceptors (Lipinski definition) is 9. The zero-order valence-corrected chi connectivity index (χ0v) is 28.1. The van der Waals surface area contributed by atoms with Crippen molar-refractivity contribution in [1.82, 2.24) is 0 Å². The highest BCUT2D eigenvalue weighted by molar-refractivity contribution is 7.91. The second-order valence-corrected chi connectivity index (χ2v) is 14.8. The average Bonchev–Trinajstić information content (AvgIpc) is 3.05. The molecule has 0 spiro atoms. The summed E-state index contributed by atoms with van der Waals surface area (Å²) in [5.74, 6) is 1.72. The second kappa shape index (κ2) is 15.0. The molecular weight excluding hydrogens is 629 g/mol. The SMILES string of the molecule is CCC(C)Oc1ccc(S(=O)(=O)c2ccc(OC(Oc3ccc(S(=O)(=O)c4ccc(OC(C)CC)cc4)cc3)C(C)O)cc2)cc1. The van der Waals surface area contributed by atoms with Gasteiger partial charge < -0.3 is 24.1 Å². The van der Waals surface area contributed by atoms with Crippen molar-refractivity contribution in [1.29, 1.82) is 0 Å². The predicted molar refractivity (Wildman–Crippen MR) is 174 cm³/mol. The molecule has 0 bridgehead atoms. The van der Waals surface area contributed by atoms with E-state index in [2.05, 4.69) is 0 Å². The van der Waals surface area contributed by atoms with Gasteiger partial charge in [0.05, 0.1) is 31.8 Å². The molecule has 1 N–H and O–H groups in total. The summed E-state index contributed by atoms with van der Waals surface area (Å²) in [7, 11) is -7.58. The fraction of sp³-hybridized carbons (Fsp3) is 0.314. The molecule has 11 heteroatoms. The third-order valence-corrected chi connectivity index (χ3v) is 10.8. The minimum absolute atomic E-state index is 0.0175. The third-order valence-electron chi connectivity index (χ3n) is 7.26. The lowest BCUT2D eigenvalue weighted by atomic mass is 10.3. The van der Waals surface area contributed by atoms with E-state index in [4.69, 9.17) is 18.9 Å². The first-order chi connectivity index (χ1) is 21.8. The molecule has 246 valence electrons. The highest BCUT2D eigenvalue weighted by Crippen LogP contribution is 2.28. The largest absolute Gasteiger partial charge is 0.491 e. The summed E-state index contributed by atoms with van der Waals surface area (Å²) in [4.78, 5) is 0.390. The summed E-state index contributed by atoms with van der Waals surface area (Å²) in [5, 5.41) is 10.3. The molecule has 0 aromatic heterocycles. The first-order valence-electron chi connectivity index (χ1n) is 15.1. The quantitative estimate of drug-likeness (QED) is 0.135. The van der Waals surface area contributed by atoms with E-state index in [1.54, 1.807) is 24.3 Å². The van der Waals surface area contributed by atoms with Gasteiger partial charge >= 0.3 is 0 Å². The highest BCUT2D eigenvalue weighted by Gasteiger charge is 2.23. The fourth-order valence-corrected chi connectivity index (χ4v) is 6.70. The van der Waals surface area contributed by atoms with Crippen LogP contribution in [0.4, 0.5) is 0 Å². The average molecular weight is 669 g/mol. The highest BCUT2D eigenvalue weighted by atomic mass is 32.2. The van der Waals surface area contributed by atoms with E-state index >= 15 is 0 Å². The van der Waals surface area contributed by atoms with Gasteiger partial charge in [0.25, 0.3) is 6.29 Å². The van der Waals surface area contributed by atoms with Crippen LogP contribution >= 0.6 is 0 Å². The molecule has 0 aliphatic rings. The maximum atomic E-state index is 13.2. The minimum Gasteiger partial charge on any atom is -0.491 e. The predicted octanol–water partition coefficient (Wildman–Crippen LogP) is 6.87. The van der Waals surface area contributed by atoms with Crippen molar-refractivity contribution in [3.8, 4) is 23.0 Å². The van der Waals surface area contributed by atoms with E-state index in [-0.39, 0.29) is 43.3 Å². The summed E-state index contributed by atoms with van der Waals surface area (Å²) in [6.45, 7) is 9.37. The number of sulfone groups is 2. The Morgan fingerprint density at radius 1 is 0.478 bits per heavy atom. The molecule has 46 heavy (non-hydrogen) atoms. The van der Waals surface area contributed by atoms with Gasteiger partial charge in [-0.05, 0) is 131 Å². The number of hydrogen-bond donors (Lipinski definition) is 1. The molecule has 3 unspecified atom stereocenters. The molecule has 0 saturated heterocycles. The van der Waals surface area contributed by atoms with Crippen LogP contribution in [0.15, 0.2) is 117 Å². The summed E-state index contributed by atoms with van der Waals surface area (Å²) in [6, 6.07) is 24.1. The number of rotatable bonds is 15. The van der Waals surface area contributed by atoms with Gasteiger partial charge in [0.2, 0.25) is 19.7 Å². The Bertz CT molecular complexity index is 1640. The molecule has 4 aromatic rings. The monoisotopic (exact) mass is 668 g/mol. The Balaban J connectivity index is 1.42. The summed E-state index contributed by atoms with van der Waals surface area (Å²) < 4.78 is 75.8. The van der Waals surface area contributed by atoms with Crippen molar-refractivity contribution >= 4 is 19.7 Å². The van der Waals surface area contributed by atoms with Gasteiger partial charge in [-0.3, -0.25) is 0 Å². The van der Waals surface area contributed by atoms with Gasteiger partial charge in [-0.1, -0.05) is 13.8 Å². The van der Waals surface area contributed by atoms with E-state index in [0.717, 1.165) is 12.8 Å². The molecule has 0 fully saturated rings. The van der Waals surface area contributed by atoms with Gasteiger partial charge in [-0.2, -0.15) is 0 Å². The first-order valence-corrected chi connectivity index (χ1v) is 18.0. The molecule has 0 amide bonds. The van der Waals surface area contributed by atoms with Gasteiger partial charge in [-0.25, -0.2) is 16.8 Å². The van der Waals surface area contributed by atoms with E-state index in [9.17, 15) is 21.9 Å².